The monoisotopic (exact) mass is 385 g/mol. The molecule has 0 bridgehead atoms. The average Bonchev–Trinajstić information content (AvgIpc) is 2.64. The van der Waals surface area contributed by atoms with Crippen LogP contribution in [0.1, 0.15) is 5.69 Å². The number of hydrogen-bond acceptors (Lipinski definition) is 2. The van der Waals surface area contributed by atoms with E-state index in [4.69, 9.17) is 0 Å². The first-order valence-electron chi connectivity index (χ1n) is 5.09. The molecule has 0 saturated heterocycles. The normalized spacial score (nSPS) is 13.4. The topological polar surface area (TPSA) is 46.9 Å². The molecule has 120 valence electrons. The first-order valence-corrected chi connectivity index (χ1v) is 5.88. The molecule has 0 aliphatic heterocycles. The van der Waals surface area contributed by atoms with Crippen LogP contribution in [0.25, 0.3) is 0 Å². The first kappa shape index (κ1) is 17.7. The molecule has 0 aliphatic rings. The molecular formula is C9H7BrF7N3O. The number of nitrogens with one attached hydrogen (secondary N) is 1. The Hall–Kier alpha value is -1.33. The number of amides is 1. The summed E-state index contributed by atoms with van der Waals surface area (Å²) in [6.07, 6.45) is -5.33. The molecule has 0 unspecified atom stereocenters. The molecule has 0 aromatic carbocycles. The van der Waals surface area contributed by atoms with E-state index in [9.17, 15) is 35.5 Å². The van der Waals surface area contributed by atoms with Gasteiger partial charge >= 0.3 is 18.0 Å². The molecule has 1 rings (SSSR count). The lowest BCUT2D eigenvalue weighted by Crippen LogP contribution is -2.59. The van der Waals surface area contributed by atoms with Crippen LogP contribution in [0.3, 0.4) is 0 Å². The van der Waals surface area contributed by atoms with Gasteiger partial charge in [0.2, 0.25) is 0 Å². The third kappa shape index (κ3) is 3.14. The Morgan fingerprint density at radius 1 is 1.29 bits per heavy atom. The number of aromatic nitrogens is 2. The number of hydrogen-bond donors (Lipinski definition) is 1. The van der Waals surface area contributed by atoms with Crippen molar-refractivity contribution in [2.24, 2.45) is 7.05 Å². The Labute approximate surface area is 121 Å². The molecule has 1 amide bonds. The highest BCUT2D eigenvalue weighted by Crippen LogP contribution is 2.46. The minimum Gasteiger partial charge on any atom is -0.345 e. The molecule has 21 heavy (non-hydrogen) atoms. The van der Waals surface area contributed by atoms with E-state index in [0.717, 1.165) is 4.68 Å². The van der Waals surface area contributed by atoms with Crippen molar-refractivity contribution < 1.29 is 35.5 Å². The summed E-state index contributed by atoms with van der Waals surface area (Å²) in [7, 11) is 1.36. The minimum absolute atomic E-state index is 0.106. The zero-order chi connectivity index (χ0) is 16.6. The quantitative estimate of drug-likeness (QED) is 0.810. The molecular weight excluding hydrogens is 379 g/mol. The van der Waals surface area contributed by atoms with Crippen molar-refractivity contribution >= 4 is 21.8 Å². The van der Waals surface area contributed by atoms with E-state index in [1.807, 2.05) is 0 Å². The predicted octanol–water partition coefficient (Wildman–Crippen LogP) is 2.63. The second-order valence-corrected chi connectivity index (χ2v) is 4.75. The average molecular weight is 386 g/mol. The Morgan fingerprint density at radius 2 is 1.81 bits per heavy atom. The van der Waals surface area contributed by atoms with Gasteiger partial charge in [0, 0.05) is 7.05 Å². The van der Waals surface area contributed by atoms with Gasteiger partial charge in [-0.05, 0) is 15.9 Å². The summed E-state index contributed by atoms with van der Waals surface area (Å²) >= 11 is 2.94. The number of carbonyl (C=O) groups is 1. The standard InChI is InChI=1S/C9H7BrF7N3O/c1-20-5(4(10)2-19-20)3-18-6(21)7(11,12)8(13,14)9(15,16)17/h2H,3H2,1H3,(H,18,21). The van der Waals surface area contributed by atoms with Crippen molar-refractivity contribution in [3.8, 4) is 0 Å². The van der Waals surface area contributed by atoms with Crippen molar-refractivity contribution in [1.29, 1.82) is 0 Å². The van der Waals surface area contributed by atoms with Crippen LogP contribution >= 0.6 is 15.9 Å². The molecule has 4 nitrogen and oxygen atoms in total. The SMILES string of the molecule is Cn1ncc(Br)c1CNC(=O)C(F)(F)C(F)(F)C(F)(F)F. The van der Waals surface area contributed by atoms with Gasteiger partial charge in [-0.15, -0.1) is 0 Å². The summed E-state index contributed by atoms with van der Waals surface area (Å²) in [5.41, 5.74) is 0.106. The largest absolute Gasteiger partial charge is 0.460 e. The lowest BCUT2D eigenvalue weighted by atomic mass is 10.1. The molecule has 0 spiro atoms. The van der Waals surface area contributed by atoms with Gasteiger partial charge < -0.3 is 5.32 Å². The molecule has 0 radical (unpaired) electrons. The number of alkyl halides is 7. The summed E-state index contributed by atoms with van der Waals surface area (Å²) in [5.74, 6) is -15.2. The molecule has 0 atom stereocenters. The van der Waals surface area contributed by atoms with Crippen LogP contribution in [0.5, 0.6) is 0 Å². The summed E-state index contributed by atoms with van der Waals surface area (Å²) in [5, 5.41) is 4.97. The molecule has 0 aliphatic carbocycles. The lowest BCUT2D eigenvalue weighted by Gasteiger charge is -2.27. The second kappa shape index (κ2) is 5.46. The molecule has 1 heterocycles. The van der Waals surface area contributed by atoms with E-state index in [1.165, 1.54) is 18.6 Å². The molecule has 1 N–H and O–H groups in total. The second-order valence-electron chi connectivity index (χ2n) is 3.89. The smallest absolute Gasteiger partial charge is 0.345 e. The molecule has 0 saturated carbocycles. The fraction of sp³-hybridized carbons (Fsp3) is 0.556. The van der Waals surface area contributed by atoms with E-state index in [1.54, 1.807) is 0 Å². The number of rotatable bonds is 4. The van der Waals surface area contributed by atoms with E-state index in [0.29, 0.717) is 0 Å². The maximum atomic E-state index is 13.0. The van der Waals surface area contributed by atoms with Crippen molar-refractivity contribution in [2.75, 3.05) is 0 Å². The van der Waals surface area contributed by atoms with Gasteiger partial charge in [-0.2, -0.15) is 35.8 Å². The highest BCUT2D eigenvalue weighted by Gasteiger charge is 2.76. The number of halogens is 8. The lowest BCUT2D eigenvalue weighted by molar-refractivity contribution is -0.344. The Kier molecular flexibility index (Phi) is 4.61. The summed E-state index contributed by atoms with van der Waals surface area (Å²) < 4.78 is 88.3. The Bertz CT molecular complexity index is 520. The highest BCUT2D eigenvalue weighted by atomic mass is 79.9. The third-order valence-corrected chi connectivity index (χ3v) is 3.12. The van der Waals surface area contributed by atoms with Crippen LogP contribution in [0.2, 0.25) is 0 Å². The number of carbonyl (C=O) groups excluding carboxylic acids is 1. The van der Waals surface area contributed by atoms with Crippen LogP contribution in [-0.2, 0) is 18.4 Å². The van der Waals surface area contributed by atoms with Crippen molar-refractivity contribution in [2.45, 2.75) is 24.6 Å². The van der Waals surface area contributed by atoms with Gasteiger partial charge in [0.1, 0.15) is 0 Å². The highest BCUT2D eigenvalue weighted by molar-refractivity contribution is 9.10. The zero-order valence-corrected chi connectivity index (χ0v) is 11.7. The summed E-state index contributed by atoms with van der Waals surface area (Å²) in [4.78, 5) is 11.0. The van der Waals surface area contributed by atoms with E-state index < -0.39 is 30.5 Å². The van der Waals surface area contributed by atoms with E-state index >= 15 is 0 Å². The zero-order valence-electron chi connectivity index (χ0n) is 10.1. The first-order chi connectivity index (χ1) is 9.32. The van der Waals surface area contributed by atoms with E-state index in [2.05, 4.69) is 21.0 Å². The van der Waals surface area contributed by atoms with Gasteiger partial charge in [0.25, 0.3) is 5.91 Å². The van der Waals surface area contributed by atoms with Crippen molar-refractivity contribution in [1.82, 2.24) is 15.1 Å². The fourth-order valence-electron chi connectivity index (χ4n) is 1.23. The maximum absolute atomic E-state index is 13.0. The molecule has 1 aromatic rings. The van der Waals surface area contributed by atoms with E-state index in [-0.39, 0.29) is 10.2 Å². The van der Waals surface area contributed by atoms with Crippen molar-refractivity contribution in [3.63, 3.8) is 0 Å². The Balaban J connectivity index is 2.88. The number of aryl methyl sites for hydroxylation is 1. The number of nitrogens with zero attached hydrogens (tertiary/aromatic N) is 2. The Morgan fingerprint density at radius 3 is 2.19 bits per heavy atom. The summed E-state index contributed by atoms with van der Waals surface area (Å²) in [6, 6.07) is 0. The van der Waals surface area contributed by atoms with Gasteiger partial charge in [0.05, 0.1) is 22.9 Å². The van der Waals surface area contributed by atoms with Gasteiger partial charge in [-0.3, -0.25) is 9.48 Å². The van der Waals surface area contributed by atoms with Crippen LogP contribution in [0.15, 0.2) is 10.7 Å². The van der Waals surface area contributed by atoms with Crippen LogP contribution in [0.4, 0.5) is 30.7 Å². The van der Waals surface area contributed by atoms with Crippen LogP contribution in [0, 0.1) is 0 Å². The van der Waals surface area contributed by atoms with Crippen molar-refractivity contribution in [3.05, 3.63) is 16.4 Å². The van der Waals surface area contributed by atoms with Gasteiger partial charge in [0.15, 0.2) is 0 Å². The molecule has 0 fully saturated rings. The summed E-state index contributed by atoms with van der Waals surface area (Å²) in [6.45, 7) is -0.709. The fourth-order valence-corrected chi connectivity index (χ4v) is 1.72. The van der Waals surface area contributed by atoms with Crippen LogP contribution < -0.4 is 5.32 Å². The van der Waals surface area contributed by atoms with Gasteiger partial charge in [-0.1, -0.05) is 0 Å². The maximum Gasteiger partial charge on any atom is 0.460 e. The minimum atomic E-state index is -6.55. The van der Waals surface area contributed by atoms with Crippen LogP contribution in [-0.4, -0.2) is 33.7 Å². The predicted molar refractivity (Wildman–Crippen MR) is 58.7 cm³/mol. The molecule has 12 heteroatoms. The molecule has 1 aromatic heterocycles. The third-order valence-electron chi connectivity index (χ3n) is 2.46. The van der Waals surface area contributed by atoms with Gasteiger partial charge in [-0.25, -0.2) is 0 Å².